The van der Waals surface area contributed by atoms with E-state index >= 15 is 0 Å². The van der Waals surface area contributed by atoms with E-state index in [0.717, 1.165) is 42.0 Å². The van der Waals surface area contributed by atoms with Crippen molar-refractivity contribution in [2.24, 2.45) is 0 Å². The van der Waals surface area contributed by atoms with Crippen LogP contribution in [0.25, 0.3) is 0 Å². The predicted octanol–water partition coefficient (Wildman–Crippen LogP) is 6.22. The number of thioether (sulfide) groups is 1. The molecule has 0 N–H and O–H groups in total. The zero-order chi connectivity index (χ0) is 24.7. The second-order valence-electron chi connectivity index (χ2n) is 9.20. The van der Waals surface area contributed by atoms with Crippen LogP contribution in [0.4, 0.5) is 0 Å². The third-order valence-corrected chi connectivity index (χ3v) is 8.75. The molecule has 0 atom stereocenters. The number of aromatic nitrogens is 1. The van der Waals surface area contributed by atoms with Gasteiger partial charge in [0.25, 0.3) is 0 Å². The molecule has 2 heterocycles. The van der Waals surface area contributed by atoms with E-state index in [2.05, 4.69) is 96.8 Å². The molecule has 0 spiro atoms. The van der Waals surface area contributed by atoms with Gasteiger partial charge in [0.1, 0.15) is 4.34 Å². The highest BCUT2D eigenvalue weighted by Crippen LogP contribution is 2.30. The highest BCUT2D eigenvalue weighted by molar-refractivity contribution is 8.00. The number of benzene rings is 3. The van der Waals surface area contributed by atoms with Crippen molar-refractivity contribution in [2.45, 2.75) is 29.5 Å². The number of hydrogen-bond acceptors (Lipinski definition) is 5. The third-order valence-electron chi connectivity index (χ3n) is 6.61. The molecular formula is C30H31N3OS2. The van der Waals surface area contributed by atoms with E-state index in [4.69, 9.17) is 4.98 Å². The van der Waals surface area contributed by atoms with Gasteiger partial charge in [-0.15, -0.1) is 11.3 Å². The van der Waals surface area contributed by atoms with Gasteiger partial charge in [-0.2, -0.15) is 0 Å². The van der Waals surface area contributed by atoms with Crippen LogP contribution in [0.5, 0.6) is 0 Å². The van der Waals surface area contributed by atoms with Gasteiger partial charge in [0, 0.05) is 37.3 Å². The fourth-order valence-electron chi connectivity index (χ4n) is 4.65. The summed E-state index contributed by atoms with van der Waals surface area (Å²) in [6.07, 6.45) is 0.377. The Labute approximate surface area is 222 Å². The van der Waals surface area contributed by atoms with E-state index in [9.17, 15) is 4.79 Å². The molecule has 1 aliphatic heterocycles. The average Bonchev–Trinajstić information content (AvgIpc) is 3.37. The molecule has 1 fully saturated rings. The molecule has 36 heavy (non-hydrogen) atoms. The van der Waals surface area contributed by atoms with Crippen LogP contribution in [0, 0.1) is 6.92 Å². The van der Waals surface area contributed by atoms with Crippen molar-refractivity contribution in [1.29, 1.82) is 0 Å². The molecule has 4 nitrogen and oxygen atoms in total. The van der Waals surface area contributed by atoms with Crippen LogP contribution in [0.1, 0.15) is 34.0 Å². The topological polar surface area (TPSA) is 36.4 Å². The number of carbonyl (C=O) groups excluding carboxylic acids is 1. The lowest BCUT2D eigenvalue weighted by atomic mass is 9.96. The summed E-state index contributed by atoms with van der Waals surface area (Å²) in [5.74, 6) is 1.07. The maximum Gasteiger partial charge on any atom is 0.228 e. The van der Waals surface area contributed by atoms with Gasteiger partial charge in [-0.1, -0.05) is 102 Å². The monoisotopic (exact) mass is 513 g/mol. The highest BCUT2D eigenvalue weighted by Gasteiger charge is 2.28. The minimum atomic E-state index is 0.172. The number of rotatable bonds is 8. The standard InChI is InChI=1S/C30H31N3OS2/c1-23-12-14-24(15-13-23)21-35-30-31-27(22-36-30)20-28(34)32-16-18-33(19-17-32)29(25-8-4-2-5-9-25)26-10-6-3-7-11-26/h2-15,22,29H,16-21H2,1H3. The van der Waals surface area contributed by atoms with Gasteiger partial charge in [0.15, 0.2) is 0 Å². The smallest absolute Gasteiger partial charge is 0.228 e. The SMILES string of the molecule is Cc1ccc(CSc2nc(CC(=O)N3CCN(C(c4ccccc4)c4ccccc4)CC3)cs2)cc1. The van der Waals surface area contributed by atoms with Crippen LogP contribution >= 0.6 is 23.1 Å². The molecule has 1 amide bonds. The Balaban J connectivity index is 1.16. The van der Waals surface area contributed by atoms with Gasteiger partial charge in [0.2, 0.25) is 5.91 Å². The molecule has 0 saturated carbocycles. The summed E-state index contributed by atoms with van der Waals surface area (Å²) in [4.78, 5) is 22.3. The maximum absolute atomic E-state index is 13.1. The Morgan fingerprint density at radius 1 is 0.889 bits per heavy atom. The lowest BCUT2D eigenvalue weighted by Crippen LogP contribution is -2.50. The van der Waals surface area contributed by atoms with E-state index in [-0.39, 0.29) is 11.9 Å². The molecule has 0 radical (unpaired) electrons. The van der Waals surface area contributed by atoms with Crippen molar-refractivity contribution >= 4 is 29.0 Å². The minimum Gasteiger partial charge on any atom is -0.340 e. The first-order chi connectivity index (χ1) is 17.7. The largest absolute Gasteiger partial charge is 0.340 e. The minimum absolute atomic E-state index is 0.172. The lowest BCUT2D eigenvalue weighted by molar-refractivity contribution is -0.132. The molecule has 4 aromatic rings. The Morgan fingerprint density at radius 2 is 1.50 bits per heavy atom. The van der Waals surface area contributed by atoms with Gasteiger partial charge >= 0.3 is 0 Å². The summed E-state index contributed by atoms with van der Waals surface area (Å²) < 4.78 is 1.02. The third kappa shape index (κ3) is 6.25. The zero-order valence-corrected chi connectivity index (χ0v) is 22.2. The molecule has 1 saturated heterocycles. The van der Waals surface area contributed by atoms with Crippen LogP contribution in [-0.4, -0.2) is 46.9 Å². The fourth-order valence-corrected chi connectivity index (χ4v) is 6.45. The molecular weight excluding hydrogens is 482 g/mol. The molecule has 0 aliphatic carbocycles. The van der Waals surface area contributed by atoms with E-state index in [1.165, 1.54) is 22.3 Å². The van der Waals surface area contributed by atoms with E-state index in [1.807, 2.05) is 10.3 Å². The quantitative estimate of drug-likeness (QED) is 0.262. The molecule has 3 aromatic carbocycles. The molecule has 6 heteroatoms. The van der Waals surface area contributed by atoms with Gasteiger partial charge in [0.05, 0.1) is 18.2 Å². The van der Waals surface area contributed by atoms with Crippen LogP contribution in [-0.2, 0) is 17.0 Å². The number of thiazole rings is 1. The summed E-state index contributed by atoms with van der Waals surface area (Å²) in [5, 5.41) is 2.03. The second kappa shape index (κ2) is 11.9. The van der Waals surface area contributed by atoms with Gasteiger partial charge in [-0.25, -0.2) is 4.98 Å². The van der Waals surface area contributed by atoms with Crippen molar-refractivity contribution < 1.29 is 4.79 Å². The van der Waals surface area contributed by atoms with Crippen molar-refractivity contribution in [1.82, 2.24) is 14.8 Å². The average molecular weight is 514 g/mol. The molecule has 184 valence electrons. The van der Waals surface area contributed by atoms with Crippen molar-refractivity contribution in [3.8, 4) is 0 Å². The summed E-state index contributed by atoms with van der Waals surface area (Å²) in [6, 6.07) is 30.2. The van der Waals surface area contributed by atoms with Crippen LogP contribution in [0.15, 0.2) is 94.6 Å². The zero-order valence-electron chi connectivity index (χ0n) is 20.5. The molecule has 1 aromatic heterocycles. The first kappa shape index (κ1) is 24.8. The summed E-state index contributed by atoms with van der Waals surface area (Å²) in [6.45, 7) is 5.30. The van der Waals surface area contributed by atoms with Crippen LogP contribution < -0.4 is 0 Å². The van der Waals surface area contributed by atoms with Gasteiger partial charge in [-0.05, 0) is 23.6 Å². The van der Waals surface area contributed by atoms with Crippen molar-refractivity contribution in [2.75, 3.05) is 26.2 Å². The van der Waals surface area contributed by atoms with Crippen molar-refractivity contribution in [3.63, 3.8) is 0 Å². The first-order valence-corrected chi connectivity index (χ1v) is 14.3. The fraction of sp³-hybridized carbons (Fsp3) is 0.267. The van der Waals surface area contributed by atoms with Crippen LogP contribution in [0.3, 0.4) is 0 Å². The summed E-state index contributed by atoms with van der Waals surface area (Å²) >= 11 is 3.37. The van der Waals surface area contributed by atoms with Gasteiger partial charge in [-0.3, -0.25) is 9.69 Å². The number of carbonyl (C=O) groups is 1. The number of nitrogens with zero attached hydrogens (tertiary/aromatic N) is 3. The first-order valence-electron chi connectivity index (χ1n) is 12.4. The molecule has 5 rings (SSSR count). The molecule has 0 bridgehead atoms. The Kier molecular flexibility index (Phi) is 8.16. The maximum atomic E-state index is 13.1. The molecule has 0 unspecified atom stereocenters. The Morgan fingerprint density at radius 3 is 2.11 bits per heavy atom. The van der Waals surface area contributed by atoms with E-state index < -0.39 is 0 Å². The van der Waals surface area contributed by atoms with E-state index in [1.54, 1.807) is 23.1 Å². The van der Waals surface area contributed by atoms with Crippen molar-refractivity contribution in [3.05, 3.63) is 118 Å². The van der Waals surface area contributed by atoms with E-state index in [0.29, 0.717) is 6.42 Å². The number of amides is 1. The predicted molar refractivity (Wildman–Crippen MR) is 149 cm³/mol. The number of hydrogen-bond donors (Lipinski definition) is 0. The lowest BCUT2D eigenvalue weighted by Gasteiger charge is -2.39. The number of aryl methyl sites for hydroxylation is 1. The van der Waals surface area contributed by atoms with Crippen LogP contribution in [0.2, 0.25) is 0 Å². The second-order valence-corrected chi connectivity index (χ2v) is 11.3. The summed E-state index contributed by atoms with van der Waals surface area (Å²) in [7, 11) is 0. The van der Waals surface area contributed by atoms with Gasteiger partial charge < -0.3 is 4.90 Å². The normalized spacial score (nSPS) is 14.3. The highest BCUT2D eigenvalue weighted by atomic mass is 32.2. The summed E-state index contributed by atoms with van der Waals surface area (Å²) in [5.41, 5.74) is 6.03. The molecule has 1 aliphatic rings. The number of piperazine rings is 1. The Hall–Kier alpha value is -2.93. The Bertz CT molecular complexity index is 1210.